The molecule has 0 rings (SSSR count). The van der Waals surface area contributed by atoms with Crippen molar-refractivity contribution >= 4 is 17.9 Å². The number of unbranched alkanes of at least 4 members (excludes halogenated alkanes) is 19. The molecule has 0 saturated carbocycles. The van der Waals surface area contributed by atoms with Crippen LogP contribution in [-0.2, 0) is 28.6 Å². The summed E-state index contributed by atoms with van der Waals surface area (Å²) in [5.41, 5.74) is 0. The molecule has 0 aromatic heterocycles. The van der Waals surface area contributed by atoms with Crippen molar-refractivity contribution in [2.24, 2.45) is 0 Å². The lowest BCUT2D eigenvalue weighted by Gasteiger charge is -2.18. The standard InChI is InChI=1S/C49H84O6/c1-4-7-10-13-16-19-22-24-27-30-33-36-39-42-48(51)54-45-46(44-53-47(50)41-38-35-32-29-26-21-18-15-12-9-6-3)55-49(52)43-40-37-34-31-28-25-23-20-17-14-11-8-5-2/h15,18,24-25,27-28,33-34,36-37,46H,4-14,16-17,19-23,26,29-32,35,38-45H2,1-3H3/b18-15-,27-24-,28-25-,36-33-,37-34-. The van der Waals surface area contributed by atoms with E-state index in [2.05, 4.69) is 69.4 Å². The lowest BCUT2D eigenvalue weighted by molar-refractivity contribution is -0.166. The molecule has 6 heteroatoms. The highest BCUT2D eigenvalue weighted by molar-refractivity contribution is 5.71. The second-order valence-electron chi connectivity index (χ2n) is 14.9. The molecule has 0 amide bonds. The Kier molecular flexibility index (Phi) is 41.5. The molecular formula is C49H84O6. The summed E-state index contributed by atoms with van der Waals surface area (Å²) in [6, 6.07) is 0. The van der Waals surface area contributed by atoms with Gasteiger partial charge in [0.15, 0.2) is 6.10 Å². The van der Waals surface area contributed by atoms with Gasteiger partial charge in [0, 0.05) is 19.3 Å². The molecule has 0 aromatic rings. The Morgan fingerprint density at radius 1 is 0.364 bits per heavy atom. The van der Waals surface area contributed by atoms with Gasteiger partial charge in [-0.3, -0.25) is 14.4 Å². The van der Waals surface area contributed by atoms with Crippen LogP contribution in [0.5, 0.6) is 0 Å². The molecule has 0 heterocycles. The number of hydrogen-bond donors (Lipinski definition) is 0. The van der Waals surface area contributed by atoms with Crippen molar-refractivity contribution in [1.82, 2.24) is 0 Å². The number of carbonyl (C=O) groups is 3. The van der Waals surface area contributed by atoms with Crippen molar-refractivity contribution in [3.05, 3.63) is 60.8 Å². The maximum atomic E-state index is 12.7. The molecular weight excluding hydrogens is 685 g/mol. The topological polar surface area (TPSA) is 78.9 Å². The zero-order chi connectivity index (χ0) is 40.1. The van der Waals surface area contributed by atoms with Gasteiger partial charge in [0.2, 0.25) is 0 Å². The fourth-order valence-corrected chi connectivity index (χ4v) is 6.00. The van der Waals surface area contributed by atoms with Gasteiger partial charge in [-0.25, -0.2) is 0 Å². The summed E-state index contributed by atoms with van der Waals surface area (Å²) in [6.45, 7) is 6.45. The number of ether oxygens (including phenoxy) is 3. The summed E-state index contributed by atoms with van der Waals surface area (Å²) >= 11 is 0. The van der Waals surface area contributed by atoms with Crippen LogP contribution in [0.15, 0.2) is 60.8 Å². The van der Waals surface area contributed by atoms with Gasteiger partial charge in [0.25, 0.3) is 0 Å². The molecule has 0 aliphatic rings. The Morgan fingerprint density at radius 2 is 0.709 bits per heavy atom. The van der Waals surface area contributed by atoms with E-state index in [-0.39, 0.29) is 38.0 Å². The van der Waals surface area contributed by atoms with E-state index in [9.17, 15) is 14.4 Å². The first-order valence-electron chi connectivity index (χ1n) is 22.8. The second-order valence-corrected chi connectivity index (χ2v) is 14.9. The molecule has 0 aromatic carbocycles. The monoisotopic (exact) mass is 769 g/mol. The van der Waals surface area contributed by atoms with E-state index in [0.29, 0.717) is 19.3 Å². The zero-order valence-electron chi connectivity index (χ0n) is 35.9. The Bertz CT molecular complexity index is 1020. The smallest absolute Gasteiger partial charge is 0.306 e. The number of carbonyl (C=O) groups excluding carboxylic acids is 3. The Morgan fingerprint density at radius 3 is 1.18 bits per heavy atom. The van der Waals surface area contributed by atoms with E-state index in [1.54, 1.807) is 0 Å². The lowest BCUT2D eigenvalue weighted by atomic mass is 10.1. The molecule has 0 bridgehead atoms. The first kappa shape index (κ1) is 52.1. The van der Waals surface area contributed by atoms with Crippen LogP contribution in [0.4, 0.5) is 0 Å². The molecule has 316 valence electrons. The molecule has 0 spiro atoms. The van der Waals surface area contributed by atoms with Crippen molar-refractivity contribution in [3.63, 3.8) is 0 Å². The van der Waals surface area contributed by atoms with Crippen molar-refractivity contribution in [2.45, 2.75) is 219 Å². The van der Waals surface area contributed by atoms with Gasteiger partial charge in [-0.2, -0.15) is 0 Å². The van der Waals surface area contributed by atoms with Crippen molar-refractivity contribution in [3.8, 4) is 0 Å². The summed E-state index contributed by atoms with van der Waals surface area (Å²) in [4.78, 5) is 37.6. The molecule has 6 nitrogen and oxygen atoms in total. The van der Waals surface area contributed by atoms with Crippen molar-refractivity contribution in [2.75, 3.05) is 13.2 Å². The minimum Gasteiger partial charge on any atom is -0.462 e. The van der Waals surface area contributed by atoms with Crippen LogP contribution in [0, 0.1) is 0 Å². The Balaban J connectivity index is 4.54. The summed E-state index contributed by atoms with van der Waals surface area (Å²) in [5, 5.41) is 0. The highest BCUT2D eigenvalue weighted by atomic mass is 16.6. The third-order valence-electron chi connectivity index (χ3n) is 9.49. The van der Waals surface area contributed by atoms with E-state index in [1.807, 2.05) is 12.2 Å². The molecule has 0 radical (unpaired) electrons. The Labute approximate surface area is 339 Å². The SMILES string of the molecule is CCCC/C=C\CCCCCCCC(=O)OCC(COC(=O)CC/C=C\C/C=C\CCCCCCCC)OC(=O)CC/C=C\C/C=C\CCCCCCCC. The highest BCUT2D eigenvalue weighted by Gasteiger charge is 2.19. The van der Waals surface area contributed by atoms with E-state index in [1.165, 1.54) is 103 Å². The summed E-state index contributed by atoms with van der Waals surface area (Å²) in [7, 11) is 0. The number of rotatable bonds is 40. The molecule has 1 atom stereocenters. The highest BCUT2D eigenvalue weighted by Crippen LogP contribution is 2.11. The van der Waals surface area contributed by atoms with Crippen LogP contribution in [0.25, 0.3) is 0 Å². The summed E-state index contributed by atoms with van der Waals surface area (Å²) in [6.07, 6.45) is 52.3. The first-order valence-corrected chi connectivity index (χ1v) is 22.8. The quantitative estimate of drug-likeness (QED) is 0.0267. The van der Waals surface area contributed by atoms with Crippen LogP contribution in [-0.4, -0.2) is 37.2 Å². The predicted molar refractivity (Wildman–Crippen MR) is 233 cm³/mol. The van der Waals surface area contributed by atoms with Crippen LogP contribution in [0.3, 0.4) is 0 Å². The minimum atomic E-state index is -0.827. The van der Waals surface area contributed by atoms with Gasteiger partial charge in [-0.1, -0.05) is 178 Å². The Hall–Kier alpha value is -2.89. The van der Waals surface area contributed by atoms with Gasteiger partial charge >= 0.3 is 17.9 Å². The fourth-order valence-electron chi connectivity index (χ4n) is 6.00. The minimum absolute atomic E-state index is 0.119. The van der Waals surface area contributed by atoms with E-state index >= 15 is 0 Å². The zero-order valence-corrected chi connectivity index (χ0v) is 35.9. The molecule has 1 unspecified atom stereocenters. The van der Waals surface area contributed by atoms with Crippen LogP contribution in [0.2, 0.25) is 0 Å². The van der Waals surface area contributed by atoms with E-state index in [4.69, 9.17) is 14.2 Å². The third kappa shape index (κ3) is 42.1. The van der Waals surface area contributed by atoms with Crippen LogP contribution < -0.4 is 0 Å². The summed E-state index contributed by atoms with van der Waals surface area (Å²) < 4.78 is 16.6. The maximum absolute atomic E-state index is 12.7. The average molecular weight is 769 g/mol. The van der Waals surface area contributed by atoms with Gasteiger partial charge in [-0.05, 0) is 77.0 Å². The maximum Gasteiger partial charge on any atom is 0.306 e. The molecule has 0 aliphatic carbocycles. The van der Waals surface area contributed by atoms with Crippen LogP contribution in [0.1, 0.15) is 213 Å². The lowest BCUT2D eigenvalue weighted by Crippen LogP contribution is -2.30. The molecule has 0 fully saturated rings. The molecule has 0 aliphatic heterocycles. The largest absolute Gasteiger partial charge is 0.462 e. The molecule has 0 saturated heterocycles. The number of hydrogen-bond acceptors (Lipinski definition) is 6. The van der Waals surface area contributed by atoms with Crippen molar-refractivity contribution < 1.29 is 28.6 Å². The average Bonchev–Trinajstić information content (AvgIpc) is 3.18. The van der Waals surface area contributed by atoms with Gasteiger partial charge < -0.3 is 14.2 Å². The first-order chi connectivity index (χ1) is 27.0. The number of allylic oxidation sites excluding steroid dienone is 10. The van der Waals surface area contributed by atoms with Gasteiger partial charge in [0.1, 0.15) is 13.2 Å². The van der Waals surface area contributed by atoms with Gasteiger partial charge in [-0.15, -0.1) is 0 Å². The predicted octanol–water partition coefficient (Wildman–Crippen LogP) is 14.5. The summed E-state index contributed by atoms with van der Waals surface area (Å²) in [5.74, 6) is -1.07. The van der Waals surface area contributed by atoms with E-state index in [0.717, 1.165) is 57.8 Å². The van der Waals surface area contributed by atoms with Crippen molar-refractivity contribution in [1.29, 1.82) is 0 Å². The van der Waals surface area contributed by atoms with Crippen LogP contribution >= 0.6 is 0 Å². The molecule has 0 N–H and O–H groups in total. The fraction of sp³-hybridized carbons (Fsp3) is 0.735. The normalized spacial score (nSPS) is 12.6. The molecule has 55 heavy (non-hydrogen) atoms. The third-order valence-corrected chi connectivity index (χ3v) is 9.49. The van der Waals surface area contributed by atoms with Gasteiger partial charge in [0.05, 0.1) is 0 Å². The second kappa shape index (κ2) is 43.8. The number of esters is 3. The van der Waals surface area contributed by atoms with E-state index < -0.39 is 12.1 Å².